The van der Waals surface area contributed by atoms with E-state index in [1.54, 1.807) is 0 Å². The highest BCUT2D eigenvalue weighted by Crippen LogP contribution is 2.51. The number of rotatable bonds is 29. The quantitative estimate of drug-likeness (QED) is 0.0602. The topological polar surface area (TPSA) is 35.5 Å². The Bertz CT molecular complexity index is 1160. The van der Waals surface area contributed by atoms with E-state index in [2.05, 4.69) is 90.0 Å². The minimum Gasteiger partial charge on any atom is -0.478 e. The van der Waals surface area contributed by atoms with Crippen LogP contribution in [-0.2, 0) is 4.79 Å². The molecule has 53 heavy (non-hydrogen) atoms. The van der Waals surface area contributed by atoms with E-state index in [9.17, 15) is 4.79 Å². The van der Waals surface area contributed by atoms with Gasteiger partial charge in [-0.15, -0.1) is 0 Å². The highest BCUT2D eigenvalue weighted by molar-refractivity contribution is 8.00. The summed E-state index contributed by atoms with van der Waals surface area (Å²) in [6, 6.07) is 0. The second kappa shape index (κ2) is 25.9. The number of thioether (sulfide) groups is 1. The van der Waals surface area contributed by atoms with Crippen LogP contribution in [0.2, 0.25) is 0 Å². The molecule has 1 aromatic carbocycles. The molecule has 0 aliphatic carbocycles. The predicted molar refractivity (Wildman–Crippen MR) is 234 cm³/mol. The summed E-state index contributed by atoms with van der Waals surface area (Å²) in [6.07, 6.45) is 25.5. The molecule has 1 aliphatic rings. The molecule has 0 amide bonds. The largest absolute Gasteiger partial charge is 0.478 e. The Morgan fingerprint density at radius 3 is 1.32 bits per heavy atom. The average molecular weight is 757 g/mol. The van der Waals surface area contributed by atoms with E-state index in [4.69, 9.17) is 9.47 Å². The molecule has 0 bridgehead atoms. The zero-order valence-electron chi connectivity index (χ0n) is 37.5. The molecule has 1 aliphatic heterocycles. The molecule has 0 aromatic heterocycles. The van der Waals surface area contributed by atoms with Crippen LogP contribution < -0.4 is 9.47 Å². The van der Waals surface area contributed by atoms with Crippen LogP contribution in [0.25, 0.3) is 0 Å². The highest BCUT2D eigenvalue weighted by atomic mass is 32.2. The lowest BCUT2D eigenvalue weighted by Gasteiger charge is -2.18. The maximum atomic E-state index is 13.2. The zero-order chi connectivity index (χ0) is 39.5. The number of ether oxygens (including phenoxy) is 2. The van der Waals surface area contributed by atoms with Gasteiger partial charge < -0.3 is 9.47 Å². The fourth-order valence-electron chi connectivity index (χ4n) is 8.46. The summed E-state index contributed by atoms with van der Waals surface area (Å²) in [6.45, 7) is 30.0. The fraction of sp³-hybridized carbons (Fsp3) is 0.857. The molecule has 4 heteroatoms. The number of hydrogen-bond acceptors (Lipinski definition) is 4. The van der Waals surface area contributed by atoms with Crippen molar-refractivity contribution in [2.24, 2.45) is 47.3 Å². The second-order valence-corrected chi connectivity index (χ2v) is 20.6. The molecule has 1 heterocycles. The Morgan fingerprint density at radius 2 is 0.906 bits per heavy atom. The van der Waals surface area contributed by atoms with Crippen molar-refractivity contribution < 1.29 is 14.3 Å². The van der Waals surface area contributed by atoms with Gasteiger partial charge >= 0.3 is 5.97 Å². The molecule has 0 radical (unpaired) electrons. The molecule has 7 atom stereocenters. The summed E-state index contributed by atoms with van der Waals surface area (Å²) in [7, 11) is 0. The Kier molecular flexibility index (Phi) is 23.4. The fourth-order valence-corrected chi connectivity index (χ4v) is 9.87. The molecule has 308 valence electrons. The SMILES string of the molecule is Cc1c(C)c2c(c(C)c1OC(=O)CC(C)CCCC(C)CCCC(C)CCCC(C)C)SC(CC(C)CCCC(C)CCCC(C)CCCC(C)C)O2. The molecule has 0 spiro atoms. The lowest BCUT2D eigenvalue weighted by Crippen LogP contribution is -2.14. The van der Waals surface area contributed by atoms with Crippen LogP contribution in [0.15, 0.2) is 4.90 Å². The molecule has 7 unspecified atom stereocenters. The van der Waals surface area contributed by atoms with Gasteiger partial charge in [0, 0.05) is 12.0 Å². The van der Waals surface area contributed by atoms with E-state index >= 15 is 0 Å². The maximum Gasteiger partial charge on any atom is 0.311 e. The second-order valence-electron chi connectivity index (χ2n) is 19.4. The maximum absolute atomic E-state index is 13.2. The van der Waals surface area contributed by atoms with Crippen molar-refractivity contribution in [1.29, 1.82) is 0 Å². The van der Waals surface area contributed by atoms with Gasteiger partial charge in [0.25, 0.3) is 0 Å². The van der Waals surface area contributed by atoms with Crippen molar-refractivity contribution >= 4 is 17.7 Å². The highest BCUT2D eigenvalue weighted by Gasteiger charge is 2.32. The molecular weight excluding hydrogens is 669 g/mol. The van der Waals surface area contributed by atoms with Crippen molar-refractivity contribution in [2.75, 3.05) is 0 Å². The van der Waals surface area contributed by atoms with Crippen LogP contribution in [0, 0.1) is 68.1 Å². The van der Waals surface area contributed by atoms with Crippen LogP contribution in [0.3, 0.4) is 0 Å². The van der Waals surface area contributed by atoms with Crippen LogP contribution in [-0.4, -0.2) is 11.4 Å². The van der Waals surface area contributed by atoms with Crippen LogP contribution in [0.1, 0.15) is 214 Å². The normalized spacial score (nSPS) is 17.8. The lowest BCUT2D eigenvalue weighted by molar-refractivity contribution is -0.135. The number of carbonyl (C=O) groups excluding carboxylic acids is 1. The van der Waals surface area contributed by atoms with Crippen molar-refractivity contribution in [1.82, 2.24) is 0 Å². The minimum atomic E-state index is -0.0954. The van der Waals surface area contributed by atoms with Gasteiger partial charge in [0.2, 0.25) is 0 Å². The summed E-state index contributed by atoms with van der Waals surface area (Å²) in [4.78, 5) is 14.4. The Labute approximate surface area is 335 Å². The smallest absolute Gasteiger partial charge is 0.311 e. The number of carbonyl (C=O) groups is 1. The zero-order valence-corrected chi connectivity index (χ0v) is 38.3. The van der Waals surface area contributed by atoms with Crippen LogP contribution >= 0.6 is 11.8 Å². The molecular formula is C49H88O3S. The van der Waals surface area contributed by atoms with Crippen molar-refractivity contribution in [2.45, 2.75) is 229 Å². The molecule has 0 fully saturated rings. The van der Waals surface area contributed by atoms with Crippen LogP contribution in [0.5, 0.6) is 11.5 Å². The Morgan fingerprint density at radius 1 is 0.528 bits per heavy atom. The first-order valence-electron chi connectivity index (χ1n) is 22.7. The summed E-state index contributed by atoms with van der Waals surface area (Å²) in [5.74, 6) is 7.64. The molecule has 3 nitrogen and oxygen atoms in total. The van der Waals surface area contributed by atoms with Gasteiger partial charge in [-0.05, 0) is 85.7 Å². The first kappa shape index (κ1) is 48.0. The van der Waals surface area contributed by atoms with E-state index in [0.717, 1.165) is 76.5 Å². The first-order valence-corrected chi connectivity index (χ1v) is 23.6. The van der Waals surface area contributed by atoms with Gasteiger partial charge in [0.1, 0.15) is 16.9 Å². The average Bonchev–Trinajstić information content (AvgIpc) is 3.49. The number of benzene rings is 1. The van der Waals surface area contributed by atoms with E-state index in [1.165, 1.54) is 114 Å². The Balaban J connectivity index is 1.71. The van der Waals surface area contributed by atoms with E-state index in [-0.39, 0.29) is 11.4 Å². The summed E-state index contributed by atoms with van der Waals surface area (Å²) >= 11 is 1.84. The number of hydrogen-bond donors (Lipinski definition) is 0. The van der Waals surface area contributed by atoms with E-state index in [1.807, 2.05) is 11.8 Å². The Hall–Kier alpha value is -1.16. The van der Waals surface area contributed by atoms with Gasteiger partial charge in [-0.25, -0.2) is 0 Å². The van der Waals surface area contributed by atoms with Gasteiger partial charge in [-0.3, -0.25) is 4.79 Å². The minimum absolute atomic E-state index is 0.0954. The predicted octanol–water partition coefficient (Wildman–Crippen LogP) is 16.3. The number of esters is 1. The summed E-state index contributed by atoms with van der Waals surface area (Å²) in [5, 5.41) is 0. The molecule has 2 rings (SSSR count). The summed E-state index contributed by atoms with van der Waals surface area (Å²) < 4.78 is 12.7. The molecule has 0 saturated heterocycles. The van der Waals surface area contributed by atoms with E-state index < -0.39 is 0 Å². The van der Waals surface area contributed by atoms with Crippen molar-refractivity contribution in [3.8, 4) is 11.5 Å². The molecule has 0 N–H and O–H groups in total. The van der Waals surface area contributed by atoms with E-state index in [0.29, 0.717) is 18.3 Å². The lowest BCUT2D eigenvalue weighted by atomic mass is 9.91. The number of fused-ring (bicyclic) bond motifs is 1. The van der Waals surface area contributed by atoms with Gasteiger partial charge in [0.15, 0.2) is 0 Å². The third kappa shape index (κ3) is 19.5. The monoisotopic (exact) mass is 757 g/mol. The third-order valence-electron chi connectivity index (χ3n) is 12.5. The molecule has 0 saturated carbocycles. The molecule has 1 aromatic rings. The van der Waals surface area contributed by atoms with Gasteiger partial charge in [-0.1, -0.05) is 197 Å². The van der Waals surface area contributed by atoms with Gasteiger partial charge in [0.05, 0.1) is 4.90 Å². The first-order chi connectivity index (χ1) is 25.1. The van der Waals surface area contributed by atoms with Crippen LogP contribution in [0.4, 0.5) is 0 Å². The van der Waals surface area contributed by atoms with Gasteiger partial charge in [-0.2, -0.15) is 0 Å². The third-order valence-corrected chi connectivity index (χ3v) is 13.8. The standard InChI is InChI=1S/C49H88O3S/c1-34(2)20-14-22-36(5)24-16-26-38(7)28-18-30-40(9)32-45(50)51-47-42(11)43(12)48-49(44(47)13)53-46(52-48)33-41(10)31-19-29-39(8)27-17-25-37(6)23-15-21-35(3)4/h34-41,46H,14-33H2,1-13H3. The summed E-state index contributed by atoms with van der Waals surface area (Å²) in [5.41, 5.74) is 3.36. The van der Waals surface area contributed by atoms with Crippen molar-refractivity contribution in [3.63, 3.8) is 0 Å². The van der Waals surface area contributed by atoms with Crippen molar-refractivity contribution in [3.05, 3.63) is 16.7 Å².